The van der Waals surface area contributed by atoms with E-state index < -0.39 is 25.2 Å². The first kappa shape index (κ1) is 23.1. The lowest BCUT2D eigenvalue weighted by Gasteiger charge is -2.55. The topological polar surface area (TPSA) is 102 Å². The van der Waals surface area contributed by atoms with Crippen molar-refractivity contribution < 1.29 is 13.3 Å². The average Bonchev–Trinajstić information content (AvgIpc) is 2.72. The van der Waals surface area contributed by atoms with E-state index in [1.807, 2.05) is 26.0 Å². The number of methoxy groups -OCH3 is 1. The van der Waals surface area contributed by atoms with Crippen LogP contribution in [0.15, 0.2) is 47.7 Å². The Balaban J connectivity index is 1.78. The molecule has 0 unspecified atom stereocenters. The Morgan fingerprint density at radius 3 is 2.55 bits per heavy atom. The van der Waals surface area contributed by atoms with Crippen LogP contribution in [0.2, 0.25) is 0 Å². The van der Waals surface area contributed by atoms with Crippen LogP contribution in [0.4, 0.5) is 15.9 Å². The largest absolute Gasteiger partial charge is 0.495 e. The Morgan fingerprint density at radius 2 is 1.88 bits per heavy atom. The van der Waals surface area contributed by atoms with Crippen LogP contribution in [0.5, 0.6) is 5.75 Å². The number of ether oxygens (including phenoxy) is 1. The highest BCUT2D eigenvalue weighted by atomic mass is 32.3. The van der Waals surface area contributed by atoms with E-state index in [0.717, 1.165) is 5.39 Å². The van der Waals surface area contributed by atoms with Gasteiger partial charge in [-0.15, -0.1) is 0 Å². The number of benzene rings is 1. The molecule has 0 bridgehead atoms. The predicted octanol–water partition coefficient (Wildman–Crippen LogP) is 3.97. The van der Waals surface area contributed by atoms with Gasteiger partial charge >= 0.3 is 0 Å². The standard InChI is InChI=1S/C24H30FN5O2S/c1-23(2)22(26)30-24(3,14-33(23,5,6)31)18-12-16(7-8-19(18)25)29-21-20-15(9-10-27-21)11-17(32-4)13-28-20/h7-13H,14H2,1-6H3,(H2,26,30)(H,27,29)/t24-/m0/s1. The molecule has 176 valence electrons. The molecule has 0 aliphatic carbocycles. The second-order valence-electron chi connectivity index (χ2n) is 9.92. The number of fused-ring (bicyclic) bond motifs is 1. The number of nitrogens with two attached hydrogens (primary N) is 1. The number of hydrogen-bond acceptors (Lipinski definition) is 7. The molecule has 1 atom stereocenters. The monoisotopic (exact) mass is 471 g/mol. The minimum atomic E-state index is -3.29. The van der Waals surface area contributed by atoms with Gasteiger partial charge in [0.1, 0.15) is 22.9 Å². The van der Waals surface area contributed by atoms with Crippen molar-refractivity contribution in [2.24, 2.45) is 10.7 Å². The third kappa shape index (κ3) is 3.74. The maximum Gasteiger partial charge on any atom is 0.156 e. The van der Waals surface area contributed by atoms with E-state index in [1.165, 1.54) is 6.07 Å². The number of amidine groups is 1. The fourth-order valence-corrected chi connectivity index (χ4v) is 7.20. The van der Waals surface area contributed by atoms with Crippen LogP contribution in [0.3, 0.4) is 0 Å². The molecule has 0 amide bonds. The van der Waals surface area contributed by atoms with Crippen molar-refractivity contribution in [1.82, 2.24) is 9.97 Å². The number of halogens is 1. The van der Waals surface area contributed by atoms with Crippen LogP contribution in [0, 0.1) is 5.82 Å². The molecular formula is C24H30FN5O2S. The van der Waals surface area contributed by atoms with Gasteiger partial charge in [0.2, 0.25) is 0 Å². The lowest BCUT2D eigenvalue weighted by Crippen LogP contribution is -2.66. The molecular weight excluding hydrogens is 441 g/mol. The minimum Gasteiger partial charge on any atom is -0.495 e. The fourth-order valence-electron chi connectivity index (χ4n) is 4.29. The van der Waals surface area contributed by atoms with Gasteiger partial charge in [-0.3, -0.25) is 9.20 Å². The number of pyridine rings is 2. The summed E-state index contributed by atoms with van der Waals surface area (Å²) in [6.45, 7) is 5.45. The lowest BCUT2D eigenvalue weighted by atomic mass is 9.92. The molecule has 0 radical (unpaired) electrons. The van der Waals surface area contributed by atoms with Gasteiger partial charge in [-0.1, -0.05) is 9.07 Å². The zero-order chi connectivity index (χ0) is 24.3. The number of nitrogens with zero attached hydrogens (tertiary/aromatic N) is 3. The van der Waals surface area contributed by atoms with Crippen molar-refractivity contribution in [2.75, 3.05) is 30.7 Å². The van der Waals surface area contributed by atoms with Gasteiger partial charge in [-0.2, -0.15) is 0 Å². The summed E-state index contributed by atoms with van der Waals surface area (Å²) in [5.41, 5.74) is 6.81. The van der Waals surface area contributed by atoms with Crippen molar-refractivity contribution in [3.8, 4) is 5.75 Å². The molecule has 3 N–H and O–H groups in total. The van der Waals surface area contributed by atoms with E-state index in [2.05, 4.69) is 20.3 Å². The Labute approximate surface area is 193 Å². The number of hydrogen-bond donors (Lipinski definition) is 2. The maximum atomic E-state index is 15.1. The van der Waals surface area contributed by atoms with Gasteiger partial charge in [0, 0.05) is 28.6 Å². The molecule has 3 aromatic rings. The molecule has 1 aliphatic heterocycles. The van der Waals surface area contributed by atoms with Crippen LogP contribution in [-0.2, 0) is 14.6 Å². The molecule has 3 heterocycles. The molecule has 2 aromatic heterocycles. The molecule has 0 fully saturated rings. The summed E-state index contributed by atoms with van der Waals surface area (Å²) in [5, 5.41) is 4.09. The van der Waals surface area contributed by atoms with Crippen molar-refractivity contribution in [3.63, 3.8) is 0 Å². The fraction of sp³-hybridized carbons (Fsp3) is 0.375. The molecule has 4 rings (SSSR count). The summed E-state index contributed by atoms with van der Waals surface area (Å²) < 4.78 is 33.6. The van der Waals surface area contributed by atoms with Gasteiger partial charge < -0.3 is 15.8 Å². The summed E-state index contributed by atoms with van der Waals surface area (Å²) in [6.07, 6.45) is 6.75. The summed E-state index contributed by atoms with van der Waals surface area (Å²) in [4.78, 5) is 13.5. The predicted molar refractivity (Wildman–Crippen MR) is 134 cm³/mol. The number of rotatable bonds is 4. The van der Waals surface area contributed by atoms with Crippen molar-refractivity contribution in [3.05, 3.63) is 54.1 Å². The second kappa shape index (κ2) is 7.21. The quantitative estimate of drug-likeness (QED) is 0.597. The summed E-state index contributed by atoms with van der Waals surface area (Å²) in [5.74, 6) is 1.19. The van der Waals surface area contributed by atoms with Crippen molar-refractivity contribution >= 4 is 37.3 Å². The van der Waals surface area contributed by atoms with E-state index in [1.54, 1.807) is 51.1 Å². The average molecular weight is 472 g/mol. The zero-order valence-corrected chi connectivity index (χ0v) is 20.6. The van der Waals surface area contributed by atoms with E-state index >= 15 is 4.39 Å². The second-order valence-corrected chi connectivity index (χ2v) is 15.4. The number of anilines is 2. The molecule has 7 nitrogen and oxygen atoms in total. The van der Waals surface area contributed by atoms with E-state index in [9.17, 15) is 4.21 Å². The minimum absolute atomic E-state index is 0.187. The van der Waals surface area contributed by atoms with Crippen LogP contribution >= 0.6 is 0 Å². The van der Waals surface area contributed by atoms with Crippen LogP contribution in [0.1, 0.15) is 26.3 Å². The van der Waals surface area contributed by atoms with Gasteiger partial charge in [0.25, 0.3) is 0 Å². The number of nitrogens with one attached hydrogen (secondary N) is 1. The molecule has 1 aliphatic rings. The summed E-state index contributed by atoms with van der Waals surface area (Å²) >= 11 is 0. The molecule has 9 heteroatoms. The molecule has 0 saturated carbocycles. The Kier molecular flexibility index (Phi) is 5.05. The molecule has 0 spiro atoms. The van der Waals surface area contributed by atoms with Crippen LogP contribution in [-0.4, -0.2) is 50.1 Å². The van der Waals surface area contributed by atoms with Crippen molar-refractivity contribution in [1.29, 1.82) is 0 Å². The Bertz CT molecular complexity index is 1360. The third-order valence-electron chi connectivity index (χ3n) is 6.89. The zero-order valence-electron chi connectivity index (χ0n) is 19.8. The number of aliphatic imine (C=N–C) groups is 1. The van der Waals surface area contributed by atoms with E-state index in [4.69, 9.17) is 10.5 Å². The third-order valence-corrected chi connectivity index (χ3v) is 11.7. The highest BCUT2D eigenvalue weighted by molar-refractivity contribution is 8.20. The van der Waals surface area contributed by atoms with Gasteiger partial charge in [-0.25, -0.2) is 14.4 Å². The van der Waals surface area contributed by atoms with Crippen LogP contribution in [0.25, 0.3) is 10.9 Å². The van der Waals surface area contributed by atoms with Gasteiger partial charge in [0.05, 0.1) is 23.6 Å². The first-order chi connectivity index (χ1) is 15.2. The van der Waals surface area contributed by atoms with Crippen LogP contribution < -0.4 is 15.8 Å². The highest BCUT2D eigenvalue weighted by Crippen LogP contribution is 2.47. The summed E-state index contributed by atoms with van der Waals surface area (Å²) in [7, 11) is -1.70. The van der Waals surface area contributed by atoms with Gasteiger partial charge in [-0.05, 0) is 63.6 Å². The SMILES string of the molecule is COc1cnc2c(Nc3ccc(F)c([C@]4(C)CS(C)(C)(=O)C(C)(C)C(N)=N4)c3)nccc2c1. The molecule has 33 heavy (non-hydrogen) atoms. The smallest absolute Gasteiger partial charge is 0.156 e. The normalized spacial score (nSPS) is 24.3. The number of aromatic nitrogens is 2. The maximum absolute atomic E-state index is 15.1. The Hall–Kier alpha value is -3.07. The van der Waals surface area contributed by atoms with E-state index in [0.29, 0.717) is 28.3 Å². The highest BCUT2D eigenvalue weighted by Gasteiger charge is 2.54. The molecule has 1 aromatic carbocycles. The summed E-state index contributed by atoms with van der Waals surface area (Å²) in [6, 6.07) is 8.38. The lowest BCUT2D eigenvalue weighted by molar-refractivity contribution is 0.414. The first-order valence-electron chi connectivity index (χ1n) is 10.6. The van der Waals surface area contributed by atoms with Gasteiger partial charge in [0.15, 0.2) is 5.82 Å². The first-order valence-corrected chi connectivity index (χ1v) is 13.5. The molecule has 0 saturated heterocycles. The Morgan fingerprint density at radius 1 is 1.15 bits per heavy atom. The van der Waals surface area contributed by atoms with E-state index in [-0.39, 0.29) is 11.6 Å². The van der Waals surface area contributed by atoms with Crippen molar-refractivity contribution in [2.45, 2.75) is 31.1 Å².